The molecule has 1 atom stereocenters. The van der Waals surface area contributed by atoms with E-state index in [0.29, 0.717) is 22.3 Å². The zero-order chi connectivity index (χ0) is 20.7. The van der Waals surface area contributed by atoms with Gasteiger partial charge in [0.15, 0.2) is 0 Å². The maximum Gasteiger partial charge on any atom is 0.267 e. The van der Waals surface area contributed by atoms with E-state index in [2.05, 4.69) is 21.4 Å². The van der Waals surface area contributed by atoms with E-state index < -0.39 is 6.04 Å². The van der Waals surface area contributed by atoms with Gasteiger partial charge in [0.1, 0.15) is 17.3 Å². The van der Waals surface area contributed by atoms with E-state index in [1.54, 1.807) is 10.8 Å². The molecule has 0 spiro atoms. The minimum absolute atomic E-state index is 0.165. The van der Waals surface area contributed by atoms with Crippen LogP contribution in [0.5, 0.6) is 0 Å². The summed E-state index contributed by atoms with van der Waals surface area (Å²) in [6.07, 6.45) is 3.89. The van der Waals surface area contributed by atoms with Crippen LogP contribution in [0.3, 0.4) is 0 Å². The van der Waals surface area contributed by atoms with Gasteiger partial charge in [0.25, 0.3) is 5.56 Å². The lowest BCUT2D eigenvalue weighted by atomic mass is 10.1. The van der Waals surface area contributed by atoms with Crippen LogP contribution in [-0.4, -0.2) is 19.1 Å². The average molecular weight is 395 g/mol. The molecule has 0 saturated heterocycles. The summed E-state index contributed by atoms with van der Waals surface area (Å²) in [4.78, 5) is 22.8. The standard InChI is InChI=1S/C24H21N5O/c1-16(25)23-27-20-10-5-7-17(12-13-19-15-26-21-11-6-14-28(19)21)22(20)24(30)29(23)18-8-3-2-4-9-18/h2-5,7-10,15-16H,6,11,14,25H2,1H3/t16-/m0/s1. The fourth-order valence-corrected chi connectivity index (χ4v) is 3.97. The fraction of sp³-hybridized carbons (Fsp3) is 0.208. The van der Waals surface area contributed by atoms with E-state index in [4.69, 9.17) is 10.7 Å². The van der Waals surface area contributed by atoms with Gasteiger partial charge in [-0.25, -0.2) is 9.97 Å². The molecular formula is C24H21N5O. The van der Waals surface area contributed by atoms with Gasteiger partial charge in [0.2, 0.25) is 0 Å². The zero-order valence-corrected chi connectivity index (χ0v) is 16.7. The van der Waals surface area contributed by atoms with Gasteiger partial charge in [0, 0.05) is 18.5 Å². The van der Waals surface area contributed by atoms with Crippen molar-refractivity contribution >= 4 is 10.9 Å². The van der Waals surface area contributed by atoms with E-state index in [1.165, 1.54) is 0 Å². The molecule has 2 aromatic carbocycles. The Kier molecular flexibility index (Phi) is 4.46. The molecule has 1 aliphatic heterocycles. The lowest BCUT2D eigenvalue weighted by Gasteiger charge is -2.16. The summed E-state index contributed by atoms with van der Waals surface area (Å²) >= 11 is 0. The second kappa shape index (κ2) is 7.29. The van der Waals surface area contributed by atoms with Crippen molar-refractivity contribution in [2.45, 2.75) is 32.4 Å². The summed E-state index contributed by atoms with van der Waals surface area (Å²) in [6, 6.07) is 14.6. The molecule has 0 amide bonds. The molecule has 2 aromatic heterocycles. The number of para-hydroxylation sites is 1. The predicted octanol–water partition coefficient (Wildman–Crippen LogP) is 2.95. The Bertz CT molecular complexity index is 1370. The molecule has 0 bridgehead atoms. The number of nitrogens with two attached hydrogens (primary N) is 1. The molecule has 0 unspecified atom stereocenters. The van der Waals surface area contributed by atoms with Gasteiger partial charge in [-0.15, -0.1) is 0 Å². The maximum absolute atomic E-state index is 13.6. The van der Waals surface area contributed by atoms with Gasteiger partial charge >= 0.3 is 0 Å². The minimum Gasteiger partial charge on any atom is -0.322 e. The number of imidazole rings is 1. The monoisotopic (exact) mass is 395 g/mol. The van der Waals surface area contributed by atoms with Crippen molar-refractivity contribution in [1.29, 1.82) is 0 Å². The van der Waals surface area contributed by atoms with Gasteiger partial charge in [0.05, 0.1) is 28.8 Å². The molecule has 6 heteroatoms. The molecule has 2 N–H and O–H groups in total. The van der Waals surface area contributed by atoms with Crippen molar-refractivity contribution in [1.82, 2.24) is 19.1 Å². The molecule has 0 radical (unpaired) electrons. The average Bonchev–Trinajstić information content (AvgIpc) is 3.37. The van der Waals surface area contributed by atoms with Crippen molar-refractivity contribution < 1.29 is 0 Å². The third-order valence-electron chi connectivity index (χ3n) is 5.39. The molecule has 0 fully saturated rings. The van der Waals surface area contributed by atoms with Crippen LogP contribution in [0.1, 0.15) is 42.3 Å². The number of nitrogens with zero attached hydrogens (tertiary/aromatic N) is 4. The summed E-state index contributed by atoms with van der Waals surface area (Å²) < 4.78 is 3.74. The van der Waals surface area contributed by atoms with Crippen LogP contribution in [0.15, 0.2) is 59.5 Å². The molecule has 0 aliphatic carbocycles. The van der Waals surface area contributed by atoms with Gasteiger partial charge in [-0.1, -0.05) is 30.2 Å². The summed E-state index contributed by atoms with van der Waals surface area (Å²) in [5.74, 6) is 8.00. The molecule has 30 heavy (non-hydrogen) atoms. The van der Waals surface area contributed by atoms with Crippen LogP contribution >= 0.6 is 0 Å². The molecule has 1 aliphatic rings. The Balaban J connectivity index is 1.74. The number of rotatable bonds is 2. The highest BCUT2D eigenvalue weighted by molar-refractivity contribution is 5.84. The lowest BCUT2D eigenvalue weighted by molar-refractivity contribution is 0.696. The van der Waals surface area contributed by atoms with Crippen molar-refractivity contribution in [3.8, 4) is 17.5 Å². The molecule has 3 heterocycles. The number of fused-ring (bicyclic) bond motifs is 2. The predicted molar refractivity (Wildman–Crippen MR) is 116 cm³/mol. The largest absolute Gasteiger partial charge is 0.322 e. The van der Waals surface area contributed by atoms with E-state index in [9.17, 15) is 4.79 Å². The highest BCUT2D eigenvalue weighted by atomic mass is 16.1. The van der Waals surface area contributed by atoms with E-state index >= 15 is 0 Å². The first-order chi connectivity index (χ1) is 14.6. The van der Waals surface area contributed by atoms with Crippen molar-refractivity contribution in [3.63, 3.8) is 0 Å². The molecule has 148 valence electrons. The molecular weight excluding hydrogens is 374 g/mol. The fourth-order valence-electron chi connectivity index (χ4n) is 3.97. The highest BCUT2D eigenvalue weighted by Gasteiger charge is 2.17. The SMILES string of the molecule is C[C@H](N)c1nc2cccc(C#Cc3cnc4n3CCC4)c2c(=O)n1-c1ccccc1. The first-order valence-corrected chi connectivity index (χ1v) is 10.1. The second-order valence-corrected chi connectivity index (χ2v) is 7.50. The Morgan fingerprint density at radius 2 is 1.93 bits per heavy atom. The first-order valence-electron chi connectivity index (χ1n) is 10.1. The molecule has 6 nitrogen and oxygen atoms in total. The minimum atomic E-state index is -0.397. The summed E-state index contributed by atoms with van der Waals surface area (Å²) in [7, 11) is 0. The highest BCUT2D eigenvalue weighted by Crippen LogP contribution is 2.20. The molecule has 5 rings (SSSR count). The van der Waals surface area contributed by atoms with Crippen molar-refractivity contribution in [2.75, 3.05) is 0 Å². The summed E-state index contributed by atoms with van der Waals surface area (Å²) in [5, 5.41) is 0.499. The van der Waals surface area contributed by atoms with E-state index in [1.807, 2.05) is 55.5 Å². The Morgan fingerprint density at radius 1 is 1.10 bits per heavy atom. The quantitative estimate of drug-likeness (QED) is 0.529. The lowest BCUT2D eigenvalue weighted by Crippen LogP contribution is -2.27. The third kappa shape index (κ3) is 3.00. The summed E-state index contributed by atoms with van der Waals surface area (Å²) in [5.41, 5.74) is 8.87. The van der Waals surface area contributed by atoms with Crippen LogP contribution in [0.25, 0.3) is 16.6 Å². The first kappa shape index (κ1) is 18.3. The third-order valence-corrected chi connectivity index (χ3v) is 5.39. The summed E-state index contributed by atoms with van der Waals surface area (Å²) in [6.45, 7) is 2.77. The van der Waals surface area contributed by atoms with E-state index in [0.717, 1.165) is 36.6 Å². The van der Waals surface area contributed by atoms with Crippen LogP contribution in [0.4, 0.5) is 0 Å². The van der Waals surface area contributed by atoms with Gasteiger partial charge in [-0.2, -0.15) is 0 Å². The van der Waals surface area contributed by atoms with Crippen LogP contribution in [0, 0.1) is 11.8 Å². The Hall–Kier alpha value is -3.69. The molecule has 4 aromatic rings. The van der Waals surface area contributed by atoms with Gasteiger partial charge in [-0.3, -0.25) is 9.36 Å². The van der Waals surface area contributed by atoms with Crippen molar-refractivity contribution in [2.24, 2.45) is 5.73 Å². The zero-order valence-electron chi connectivity index (χ0n) is 16.7. The normalized spacial score (nSPS) is 13.7. The van der Waals surface area contributed by atoms with Crippen LogP contribution in [0.2, 0.25) is 0 Å². The maximum atomic E-state index is 13.6. The number of hydrogen-bond donors (Lipinski definition) is 1. The van der Waals surface area contributed by atoms with Gasteiger partial charge < -0.3 is 10.3 Å². The Labute approximate surface area is 174 Å². The topological polar surface area (TPSA) is 78.7 Å². The number of benzene rings is 2. The van der Waals surface area contributed by atoms with Crippen LogP contribution < -0.4 is 11.3 Å². The Morgan fingerprint density at radius 3 is 2.73 bits per heavy atom. The second-order valence-electron chi connectivity index (χ2n) is 7.50. The number of hydrogen-bond acceptors (Lipinski definition) is 4. The van der Waals surface area contributed by atoms with Gasteiger partial charge in [-0.05, 0) is 43.5 Å². The van der Waals surface area contributed by atoms with E-state index in [-0.39, 0.29) is 5.56 Å². The number of aryl methyl sites for hydroxylation is 1. The smallest absolute Gasteiger partial charge is 0.267 e. The van der Waals surface area contributed by atoms with Crippen molar-refractivity contribution in [3.05, 3.63) is 88.0 Å². The van der Waals surface area contributed by atoms with Crippen LogP contribution in [-0.2, 0) is 13.0 Å². The number of aromatic nitrogens is 4. The molecule has 0 saturated carbocycles.